The van der Waals surface area contributed by atoms with E-state index in [2.05, 4.69) is 10.6 Å². The summed E-state index contributed by atoms with van der Waals surface area (Å²) in [5.74, 6) is -0.158. The van der Waals surface area contributed by atoms with Gasteiger partial charge in [-0.15, -0.1) is 0 Å². The molecule has 2 bridgehead atoms. The molecule has 7 heteroatoms. The predicted molar refractivity (Wildman–Crippen MR) is 100 cm³/mol. The van der Waals surface area contributed by atoms with E-state index >= 15 is 0 Å². The molecule has 26 heavy (non-hydrogen) atoms. The van der Waals surface area contributed by atoms with E-state index in [0.717, 1.165) is 25.7 Å². The van der Waals surface area contributed by atoms with Crippen molar-refractivity contribution in [2.24, 2.45) is 0 Å². The molecule has 2 aliphatic heterocycles. The maximum Gasteiger partial charge on any atom is 0.410 e. The van der Waals surface area contributed by atoms with Gasteiger partial charge in [-0.3, -0.25) is 4.79 Å². The van der Waals surface area contributed by atoms with E-state index in [9.17, 15) is 9.59 Å². The quantitative estimate of drug-likeness (QED) is 0.745. The van der Waals surface area contributed by atoms with Crippen molar-refractivity contribution in [3.8, 4) is 0 Å². The van der Waals surface area contributed by atoms with Crippen LogP contribution in [0.2, 0.25) is 5.02 Å². The lowest BCUT2D eigenvalue weighted by Crippen LogP contribution is -2.52. The van der Waals surface area contributed by atoms with Crippen LogP contribution in [0.3, 0.4) is 0 Å². The van der Waals surface area contributed by atoms with Gasteiger partial charge in [0, 0.05) is 31.2 Å². The second-order valence-electron chi connectivity index (χ2n) is 6.85. The second kappa shape index (κ2) is 8.73. The van der Waals surface area contributed by atoms with Crippen molar-refractivity contribution in [1.29, 1.82) is 0 Å². The van der Waals surface area contributed by atoms with Gasteiger partial charge in [-0.05, 0) is 44.7 Å². The van der Waals surface area contributed by atoms with Gasteiger partial charge in [-0.25, -0.2) is 4.79 Å². The van der Waals surface area contributed by atoms with Crippen molar-refractivity contribution < 1.29 is 14.3 Å². The summed E-state index contributed by atoms with van der Waals surface area (Å²) >= 11 is 6.04. The van der Waals surface area contributed by atoms with E-state index in [1.54, 1.807) is 24.3 Å². The van der Waals surface area contributed by atoms with Gasteiger partial charge in [0.1, 0.15) is 0 Å². The Morgan fingerprint density at radius 1 is 1.19 bits per heavy atom. The highest BCUT2D eigenvalue weighted by Gasteiger charge is 2.43. The van der Waals surface area contributed by atoms with Gasteiger partial charge >= 0.3 is 6.09 Å². The molecule has 2 atom stereocenters. The lowest BCUT2D eigenvalue weighted by atomic mass is 9.98. The van der Waals surface area contributed by atoms with E-state index in [1.165, 1.54) is 0 Å². The molecular formula is C19H26ClN3O3. The van der Waals surface area contributed by atoms with Crippen LogP contribution >= 0.6 is 11.6 Å². The zero-order chi connectivity index (χ0) is 18.5. The first kappa shape index (κ1) is 19.0. The number of carbonyl (C=O) groups excluding carboxylic acids is 2. The van der Waals surface area contributed by atoms with E-state index in [1.807, 2.05) is 11.8 Å². The first-order valence-corrected chi connectivity index (χ1v) is 9.69. The minimum atomic E-state index is -0.176. The van der Waals surface area contributed by atoms with Crippen molar-refractivity contribution >= 4 is 23.6 Å². The maximum absolute atomic E-state index is 12.1. The molecule has 2 heterocycles. The molecular weight excluding hydrogens is 354 g/mol. The highest BCUT2D eigenvalue weighted by Crippen LogP contribution is 2.36. The van der Waals surface area contributed by atoms with Gasteiger partial charge in [0.25, 0.3) is 5.91 Å². The minimum Gasteiger partial charge on any atom is -0.450 e. The summed E-state index contributed by atoms with van der Waals surface area (Å²) in [6.45, 7) is 3.49. The number of halogens is 1. The van der Waals surface area contributed by atoms with Crippen LogP contribution in [0.15, 0.2) is 24.3 Å². The number of hydrogen-bond donors (Lipinski definition) is 2. The van der Waals surface area contributed by atoms with Crippen molar-refractivity contribution in [2.75, 3.05) is 19.7 Å². The Kier molecular flexibility index (Phi) is 6.38. The van der Waals surface area contributed by atoms with E-state index < -0.39 is 0 Å². The lowest BCUT2D eigenvalue weighted by Gasteiger charge is -2.38. The van der Waals surface area contributed by atoms with Crippen molar-refractivity contribution in [3.05, 3.63) is 34.9 Å². The van der Waals surface area contributed by atoms with Crippen LogP contribution < -0.4 is 10.6 Å². The fraction of sp³-hybridized carbons (Fsp3) is 0.579. The number of piperidine rings is 1. The average molecular weight is 380 g/mol. The van der Waals surface area contributed by atoms with Gasteiger partial charge in [-0.1, -0.05) is 23.7 Å². The van der Waals surface area contributed by atoms with Gasteiger partial charge in [0.2, 0.25) is 0 Å². The monoisotopic (exact) mass is 379 g/mol. The number of amides is 2. The number of nitrogens with zero attached hydrogens (tertiary/aromatic N) is 1. The number of rotatable bonds is 6. The molecule has 2 fully saturated rings. The highest BCUT2D eigenvalue weighted by molar-refractivity contribution is 6.33. The van der Waals surface area contributed by atoms with Crippen LogP contribution in [0.25, 0.3) is 0 Å². The molecule has 2 unspecified atom stereocenters. The summed E-state index contributed by atoms with van der Waals surface area (Å²) in [6.07, 6.45) is 3.79. The summed E-state index contributed by atoms with van der Waals surface area (Å²) < 4.78 is 5.18. The largest absolute Gasteiger partial charge is 0.450 e. The molecule has 0 aromatic heterocycles. The fourth-order valence-corrected chi connectivity index (χ4v) is 4.25. The van der Waals surface area contributed by atoms with Gasteiger partial charge in [0.05, 0.1) is 17.2 Å². The third-order valence-electron chi connectivity index (χ3n) is 5.17. The first-order chi connectivity index (χ1) is 12.6. The Balaban J connectivity index is 1.41. The molecule has 1 aromatic carbocycles. The van der Waals surface area contributed by atoms with Crippen LogP contribution in [-0.4, -0.2) is 54.7 Å². The molecule has 0 radical (unpaired) electrons. The zero-order valence-corrected chi connectivity index (χ0v) is 15.8. The van der Waals surface area contributed by atoms with Crippen LogP contribution in [0, 0.1) is 0 Å². The summed E-state index contributed by atoms with van der Waals surface area (Å²) in [5, 5.41) is 6.86. The van der Waals surface area contributed by atoms with Crippen LogP contribution in [0.1, 0.15) is 43.0 Å². The summed E-state index contributed by atoms with van der Waals surface area (Å²) in [7, 11) is 0. The second-order valence-corrected chi connectivity index (χ2v) is 7.26. The van der Waals surface area contributed by atoms with Gasteiger partial charge in [-0.2, -0.15) is 0 Å². The Bertz CT molecular complexity index is 641. The normalized spacial score (nSPS) is 24.4. The molecule has 142 valence electrons. The van der Waals surface area contributed by atoms with Gasteiger partial charge < -0.3 is 20.3 Å². The first-order valence-electron chi connectivity index (χ1n) is 9.31. The Labute approximate surface area is 159 Å². The fourth-order valence-electron chi connectivity index (χ4n) is 4.03. The molecule has 1 aromatic rings. The van der Waals surface area contributed by atoms with Crippen molar-refractivity contribution in [1.82, 2.24) is 15.5 Å². The van der Waals surface area contributed by atoms with E-state index in [-0.39, 0.29) is 24.1 Å². The molecule has 2 saturated heterocycles. The third-order valence-corrected chi connectivity index (χ3v) is 5.50. The Morgan fingerprint density at radius 2 is 1.88 bits per heavy atom. The third kappa shape index (κ3) is 4.30. The number of ether oxygens (including phenoxy) is 1. The minimum absolute atomic E-state index is 0.158. The van der Waals surface area contributed by atoms with Crippen molar-refractivity contribution in [2.45, 2.75) is 50.7 Å². The van der Waals surface area contributed by atoms with Crippen molar-refractivity contribution in [3.63, 3.8) is 0 Å². The Morgan fingerprint density at radius 3 is 2.54 bits per heavy atom. The van der Waals surface area contributed by atoms with E-state index in [4.69, 9.17) is 16.3 Å². The SMILES string of the molecule is CCOC(=O)N1C2CCC1CC(NCCNC(=O)c1ccccc1Cl)C2. The summed E-state index contributed by atoms with van der Waals surface area (Å²) in [6, 6.07) is 7.93. The molecule has 6 nitrogen and oxygen atoms in total. The molecule has 0 spiro atoms. The summed E-state index contributed by atoms with van der Waals surface area (Å²) in [5.41, 5.74) is 0.495. The zero-order valence-electron chi connectivity index (χ0n) is 15.0. The predicted octanol–water partition coefficient (Wildman–Crippen LogP) is 2.81. The smallest absolute Gasteiger partial charge is 0.410 e. The average Bonchev–Trinajstić information content (AvgIpc) is 2.90. The van der Waals surface area contributed by atoms with Crippen LogP contribution in [0.4, 0.5) is 4.79 Å². The highest BCUT2D eigenvalue weighted by atomic mass is 35.5. The maximum atomic E-state index is 12.1. The Hall–Kier alpha value is -1.79. The number of nitrogens with one attached hydrogen (secondary N) is 2. The number of benzene rings is 1. The number of hydrogen-bond acceptors (Lipinski definition) is 4. The molecule has 2 amide bonds. The van der Waals surface area contributed by atoms with Gasteiger partial charge in [0.15, 0.2) is 0 Å². The topological polar surface area (TPSA) is 70.7 Å². The van der Waals surface area contributed by atoms with Crippen LogP contribution in [0.5, 0.6) is 0 Å². The number of carbonyl (C=O) groups is 2. The van der Waals surface area contributed by atoms with Crippen LogP contribution in [-0.2, 0) is 4.74 Å². The van der Waals surface area contributed by atoms with E-state index in [0.29, 0.717) is 36.3 Å². The standard InChI is InChI=1S/C19H26ClN3O3/c1-2-26-19(25)23-14-7-8-15(23)12-13(11-14)21-9-10-22-18(24)16-5-3-4-6-17(16)20/h3-6,13-15,21H,2,7-12H2,1H3,(H,22,24). The molecule has 2 aliphatic rings. The molecule has 0 aliphatic carbocycles. The summed E-state index contributed by atoms with van der Waals surface area (Å²) in [4.78, 5) is 26.1. The number of fused-ring (bicyclic) bond motifs is 2. The molecule has 2 N–H and O–H groups in total. The molecule has 3 rings (SSSR count). The molecule has 0 saturated carbocycles. The lowest BCUT2D eigenvalue weighted by molar-refractivity contribution is 0.0659.